The highest BCUT2D eigenvalue weighted by Crippen LogP contribution is 2.23. The molecule has 0 unspecified atom stereocenters. The van der Waals surface area contributed by atoms with Crippen LogP contribution in [0.25, 0.3) is 0 Å². The van der Waals surface area contributed by atoms with Gasteiger partial charge in [-0.2, -0.15) is 8.42 Å². The standard InChI is InChI=1S/C20H25N7O8S2/c1-11-15(19(30)27(11)37(31,32)33)25-18(29)16(14-10-36-20(22)24-14)26-35-9-8-34-13-4-2-12(3-5-13)17(21)23-6-7-28/h2-5,10-11,15,28H,6-9H2,1H3,(H2,21,23)(H2,22,24)(H,25,29)(H,31,32,33)/t11-,15-/m0/s1. The van der Waals surface area contributed by atoms with Crippen molar-refractivity contribution in [3.8, 4) is 5.75 Å². The molecule has 1 saturated heterocycles. The molecular weight excluding hydrogens is 530 g/mol. The summed E-state index contributed by atoms with van der Waals surface area (Å²) in [4.78, 5) is 38.1. The van der Waals surface area contributed by atoms with Crippen LogP contribution in [0.1, 0.15) is 18.2 Å². The van der Waals surface area contributed by atoms with E-state index in [9.17, 15) is 18.0 Å². The fraction of sp³-hybridized carbons (Fsp3) is 0.350. The van der Waals surface area contributed by atoms with Crippen LogP contribution in [-0.4, -0.2) is 89.2 Å². The zero-order valence-corrected chi connectivity index (χ0v) is 21.1. The number of hydrogen-bond donors (Lipinski definition) is 5. The number of oxime groups is 1. The number of nitrogens with two attached hydrogens (primary N) is 2. The van der Waals surface area contributed by atoms with Crippen molar-refractivity contribution in [3.63, 3.8) is 0 Å². The molecule has 7 N–H and O–H groups in total. The summed E-state index contributed by atoms with van der Waals surface area (Å²) in [5, 5.41) is 16.6. The number of ether oxygens (including phenoxy) is 1. The topological polar surface area (TPSA) is 232 Å². The Balaban J connectivity index is 1.58. The Kier molecular flexibility index (Phi) is 8.98. The Bertz CT molecular complexity index is 1290. The molecule has 200 valence electrons. The number of hydrogen-bond acceptors (Lipinski definition) is 12. The number of β-lactam (4-membered cyclic amide) rings is 1. The SMILES string of the molecule is C[C@H]1[C@H](NC(=O)C(=NOCCOc2ccc(C(N)=NCCO)cc2)c2csc(N)n2)C(=O)N1S(=O)(=O)O. The van der Waals surface area contributed by atoms with Crippen LogP contribution in [0.4, 0.5) is 5.13 Å². The van der Waals surface area contributed by atoms with Crippen molar-refractivity contribution in [2.24, 2.45) is 15.9 Å². The van der Waals surface area contributed by atoms with Gasteiger partial charge >= 0.3 is 10.3 Å². The Morgan fingerprint density at radius 1 is 1.30 bits per heavy atom. The Morgan fingerprint density at radius 2 is 2.00 bits per heavy atom. The van der Waals surface area contributed by atoms with E-state index in [1.807, 2.05) is 0 Å². The summed E-state index contributed by atoms with van der Waals surface area (Å²) in [6.45, 7) is 1.44. The molecule has 37 heavy (non-hydrogen) atoms. The van der Waals surface area contributed by atoms with E-state index in [0.717, 1.165) is 11.3 Å². The van der Waals surface area contributed by atoms with Gasteiger partial charge in [0.15, 0.2) is 17.5 Å². The average molecular weight is 556 g/mol. The first-order valence-electron chi connectivity index (χ1n) is 10.7. The van der Waals surface area contributed by atoms with E-state index in [-0.39, 0.29) is 53.0 Å². The summed E-state index contributed by atoms with van der Waals surface area (Å²) in [6.07, 6.45) is 0. The summed E-state index contributed by atoms with van der Waals surface area (Å²) in [6, 6.07) is 4.53. The molecule has 0 bridgehead atoms. The molecule has 17 heteroatoms. The minimum Gasteiger partial charge on any atom is -0.490 e. The number of carbonyl (C=O) groups excluding carboxylic acids is 2. The quantitative estimate of drug-likeness (QED) is 0.0518. The van der Waals surface area contributed by atoms with Gasteiger partial charge in [-0.3, -0.25) is 19.1 Å². The average Bonchev–Trinajstić information content (AvgIpc) is 3.28. The number of anilines is 1. The molecule has 3 rings (SSSR count). The van der Waals surface area contributed by atoms with Crippen LogP contribution in [0.5, 0.6) is 5.75 Å². The molecule has 2 amide bonds. The number of aliphatic hydroxyl groups is 1. The highest BCUT2D eigenvalue weighted by atomic mass is 32.2. The molecule has 2 heterocycles. The summed E-state index contributed by atoms with van der Waals surface area (Å²) < 4.78 is 37.4. The predicted molar refractivity (Wildman–Crippen MR) is 133 cm³/mol. The van der Waals surface area contributed by atoms with Crippen LogP contribution < -0.4 is 21.5 Å². The van der Waals surface area contributed by atoms with Crippen LogP contribution in [0.15, 0.2) is 39.8 Å². The minimum absolute atomic E-state index is 0.0620. The van der Waals surface area contributed by atoms with Crippen LogP contribution in [0, 0.1) is 0 Å². The monoisotopic (exact) mass is 555 g/mol. The lowest BCUT2D eigenvalue weighted by Gasteiger charge is -2.42. The zero-order valence-electron chi connectivity index (χ0n) is 19.5. The molecular formula is C20H25N7O8S2. The van der Waals surface area contributed by atoms with Crippen molar-refractivity contribution in [1.82, 2.24) is 14.6 Å². The molecule has 0 aliphatic carbocycles. The molecule has 15 nitrogen and oxygen atoms in total. The van der Waals surface area contributed by atoms with E-state index in [4.69, 9.17) is 30.7 Å². The van der Waals surface area contributed by atoms with Crippen molar-refractivity contribution in [3.05, 3.63) is 40.9 Å². The van der Waals surface area contributed by atoms with E-state index in [1.165, 1.54) is 12.3 Å². The molecule has 0 radical (unpaired) electrons. The number of aliphatic imine (C=N–C) groups is 1. The zero-order chi connectivity index (χ0) is 27.2. The molecule has 1 aromatic heterocycles. The van der Waals surface area contributed by atoms with Gasteiger partial charge in [0.2, 0.25) is 0 Å². The third-order valence-electron chi connectivity index (χ3n) is 4.98. The smallest absolute Gasteiger partial charge is 0.362 e. The van der Waals surface area contributed by atoms with E-state index < -0.39 is 34.2 Å². The molecule has 1 aliphatic rings. The van der Waals surface area contributed by atoms with Crippen molar-refractivity contribution in [2.45, 2.75) is 19.0 Å². The summed E-state index contributed by atoms with van der Waals surface area (Å²) in [5.74, 6) is -1.06. The number of carbonyl (C=O) groups is 2. The van der Waals surface area contributed by atoms with Crippen LogP contribution in [0.2, 0.25) is 0 Å². The lowest BCUT2D eigenvalue weighted by molar-refractivity contribution is -0.143. The highest BCUT2D eigenvalue weighted by Gasteiger charge is 2.51. The number of benzene rings is 1. The van der Waals surface area contributed by atoms with Gasteiger partial charge in [-0.15, -0.1) is 11.3 Å². The Labute approximate surface area is 215 Å². The first-order valence-corrected chi connectivity index (χ1v) is 13.0. The molecule has 1 fully saturated rings. The minimum atomic E-state index is -4.74. The van der Waals surface area contributed by atoms with E-state index >= 15 is 0 Å². The molecule has 0 spiro atoms. The van der Waals surface area contributed by atoms with E-state index in [1.54, 1.807) is 24.3 Å². The fourth-order valence-corrected chi connectivity index (χ4v) is 4.64. The lowest BCUT2D eigenvalue weighted by atomic mass is 10.0. The fourth-order valence-electron chi connectivity index (χ4n) is 3.20. The van der Waals surface area contributed by atoms with Gasteiger partial charge in [0.1, 0.15) is 29.9 Å². The van der Waals surface area contributed by atoms with Crippen molar-refractivity contribution >= 4 is 50.1 Å². The third kappa shape index (κ3) is 6.91. The van der Waals surface area contributed by atoms with Crippen molar-refractivity contribution < 1.29 is 37.2 Å². The van der Waals surface area contributed by atoms with Gasteiger partial charge in [-0.05, 0) is 31.2 Å². The maximum absolute atomic E-state index is 12.8. The second-order valence-electron chi connectivity index (χ2n) is 7.51. The maximum Gasteiger partial charge on any atom is 0.362 e. The number of rotatable bonds is 12. The molecule has 1 aromatic carbocycles. The van der Waals surface area contributed by atoms with Gasteiger partial charge in [0.05, 0.1) is 19.2 Å². The predicted octanol–water partition coefficient (Wildman–Crippen LogP) is -1.26. The first-order chi connectivity index (χ1) is 17.5. The van der Waals surface area contributed by atoms with Gasteiger partial charge in [-0.1, -0.05) is 5.16 Å². The number of aliphatic hydroxyl groups excluding tert-OH is 1. The number of nitrogen functional groups attached to an aromatic ring is 1. The number of nitrogens with zero attached hydrogens (tertiary/aromatic N) is 4. The summed E-state index contributed by atoms with van der Waals surface area (Å²) in [5.41, 5.74) is 11.9. The van der Waals surface area contributed by atoms with Gasteiger partial charge in [0.25, 0.3) is 11.8 Å². The lowest BCUT2D eigenvalue weighted by Crippen LogP contribution is -2.71. The van der Waals surface area contributed by atoms with E-state index in [2.05, 4.69) is 20.4 Å². The highest BCUT2D eigenvalue weighted by molar-refractivity contribution is 7.84. The molecule has 0 saturated carbocycles. The Hall–Kier alpha value is -3.80. The van der Waals surface area contributed by atoms with Crippen molar-refractivity contribution in [2.75, 3.05) is 32.1 Å². The second-order valence-corrected chi connectivity index (χ2v) is 9.69. The van der Waals surface area contributed by atoms with Crippen molar-refractivity contribution in [1.29, 1.82) is 0 Å². The first kappa shape index (κ1) is 27.8. The van der Waals surface area contributed by atoms with Crippen LogP contribution in [0.3, 0.4) is 0 Å². The number of thiazole rings is 1. The number of nitrogens with one attached hydrogen (secondary N) is 1. The van der Waals surface area contributed by atoms with Crippen LogP contribution >= 0.6 is 11.3 Å². The number of amides is 2. The van der Waals surface area contributed by atoms with Gasteiger partial charge in [0, 0.05) is 10.9 Å². The molecule has 2 atom stereocenters. The number of amidine groups is 1. The summed E-state index contributed by atoms with van der Waals surface area (Å²) >= 11 is 1.05. The summed E-state index contributed by atoms with van der Waals surface area (Å²) in [7, 11) is -4.74. The second kappa shape index (κ2) is 12.0. The van der Waals surface area contributed by atoms with E-state index in [0.29, 0.717) is 11.3 Å². The van der Waals surface area contributed by atoms with Gasteiger partial charge < -0.3 is 31.5 Å². The Morgan fingerprint density at radius 3 is 2.57 bits per heavy atom. The third-order valence-corrected chi connectivity index (χ3v) is 6.67. The van der Waals surface area contributed by atoms with Crippen LogP contribution in [-0.2, 0) is 24.7 Å². The maximum atomic E-state index is 12.8. The normalized spacial score (nSPS) is 18.4. The van der Waals surface area contributed by atoms with Gasteiger partial charge in [-0.25, -0.2) is 9.29 Å². The largest absolute Gasteiger partial charge is 0.490 e. The molecule has 1 aliphatic heterocycles. The molecule has 2 aromatic rings. The number of aromatic nitrogens is 1.